The number of nitrogens with one attached hydrogen (secondary N) is 1. The van der Waals surface area contributed by atoms with E-state index in [2.05, 4.69) is 29.0 Å². The number of piperidine rings is 1. The smallest absolute Gasteiger partial charge is 0.194 e. The summed E-state index contributed by atoms with van der Waals surface area (Å²) in [7, 11) is 0. The van der Waals surface area contributed by atoms with Crippen LogP contribution in [0, 0.1) is 6.92 Å². The molecular weight excluding hydrogens is 459 g/mol. The van der Waals surface area contributed by atoms with E-state index in [1.807, 2.05) is 36.5 Å². The Labute approximate surface area is 176 Å². The number of benzene rings is 1. The van der Waals surface area contributed by atoms with E-state index in [1.54, 1.807) is 11.3 Å². The normalized spacial score (nSPS) is 15.5. The summed E-state index contributed by atoms with van der Waals surface area (Å²) < 4.78 is 6.08. The van der Waals surface area contributed by atoms with Crippen molar-refractivity contribution in [3.05, 3.63) is 46.4 Å². The summed E-state index contributed by atoms with van der Waals surface area (Å²) in [5.74, 6) is 1.94. The summed E-state index contributed by atoms with van der Waals surface area (Å²) in [5.41, 5.74) is 0. The summed E-state index contributed by atoms with van der Waals surface area (Å²) >= 11 is 1.71. The molecule has 1 aliphatic rings. The Kier molecular flexibility index (Phi) is 8.64. The second-order valence-electron chi connectivity index (χ2n) is 6.15. The molecule has 1 aromatic carbocycles. The monoisotopic (exact) mass is 486 g/mol. The lowest BCUT2D eigenvalue weighted by Crippen LogP contribution is -2.47. The van der Waals surface area contributed by atoms with E-state index in [1.165, 1.54) is 4.88 Å². The molecule has 5 nitrogen and oxygen atoms in total. The van der Waals surface area contributed by atoms with Gasteiger partial charge in [0.15, 0.2) is 5.96 Å². The number of halogens is 1. The van der Waals surface area contributed by atoms with Crippen molar-refractivity contribution in [2.45, 2.75) is 39.3 Å². The van der Waals surface area contributed by atoms with Crippen LogP contribution in [0.3, 0.4) is 0 Å². The summed E-state index contributed by atoms with van der Waals surface area (Å²) in [5, 5.41) is 4.47. The highest BCUT2D eigenvalue weighted by Gasteiger charge is 2.22. The maximum absolute atomic E-state index is 6.08. The molecule has 0 spiro atoms. The van der Waals surface area contributed by atoms with Crippen molar-refractivity contribution in [2.24, 2.45) is 4.99 Å². The molecule has 3 rings (SSSR count). The van der Waals surface area contributed by atoms with Gasteiger partial charge in [-0.2, -0.15) is 0 Å². The molecule has 0 atom stereocenters. The molecule has 2 heterocycles. The molecule has 0 radical (unpaired) electrons. The summed E-state index contributed by atoms with van der Waals surface area (Å²) in [6.45, 7) is 7.61. The summed E-state index contributed by atoms with van der Waals surface area (Å²) in [6.07, 6.45) is 4.21. The zero-order valence-corrected chi connectivity index (χ0v) is 18.5. The Hall–Kier alpha value is -1.35. The van der Waals surface area contributed by atoms with Crippen LogP contribution in [0.5, 0.6) is 5.75 Å². The van der Waals surface area contributed by atoms with Gasteiger partial charge in [0.2, 0.25) is 0 Å². The number of ether oxygens (including phenoxy) is 1. The first-order chi connectivity index (χ1) is 12.2. The molecule has 7 heteroatoms. The molecule has 1 N–H and O–H groups in total. The molecule has 0 unspecified atom stereocenters. The van der Waals surface area contributed by atoms with Crippen LogP contribution >= 0.6 is 35.3 Å². The Morgan fingerprint density at radius 1 is 1.31 bits per heavy atom. The number of rotatable bonds is 5. The number of likely N-dealkylation sites (tertiary alicyclic amines) is 1. The van der Waals surface area contributed by atoms with Crippen molar-refractivity contribution in [3.8, 4) is 5.75 Å². The van der Waals surface area contributed by atoms with Crippen LogP contribution < -0.4 is 10.1 Å². The van der Waals surface area contributed by atoms with Gasteiger partial charge in [0.05, 0.1) is 6.54 Å². The quantitative estimate of drug-likeness (QED) is 0.393. The molecule has 0 aliphatic carbocycles. The number of para-hydroxylation sites is 1. The van der Waals surface area contributed by atoms with Gasteiger partial charge in [0, 0.05) is 43.5 Å². The standard InChI is InChI=1S/C19H26N4OS.HI/c1-3-20-19(22-14-18-21-13-15(2)25-18)23-11-9-17(10-12-23)24-16-7-5-4-6-8-16;/h4-8,13,17H,3,9-12,14H2,1-2H3,(H,20,22);1H. The molecule has 2 aromatic rings. The third kappa shape index (κ3) is 6.12. The molecule has 1 fully saturated rings. The van der Waals surface area contributed by atoms with Gasteiger partial charge in [-0.05, 0) is 26.0 Å². The number of aromatic nitrogens is 1. The third-order valence-corrected chi connectivity index (χ3v) is 5.05. The van der Waals surface area contributed by atoms with Crippen molar-refractivity contribution >= 4 is 41.3 Å². The Morgan fingerprint density at radius 3 is 2.65 bits per heavy atom. The largest absolute Gasteiger partial charge is 0.490 e. The average molecular weight is 486 g/mol. The van der Waals surface area contributed by atoms with Crippen molar-refractivity contribution in [3.63, 3.8) is 0 Å². The Balaban J connectivity index is 0.00000243. The van der Waals surface area contributed by atoms with Gasteiger partial charge < -0.3 is 15.0 Å². The fraction of sp³-hybridized carbons (Fsp3) is 0.474. The van der Waals surface area contributed by atoms with E-state index < -0.39 is 0 Å². The fourth-order valence-electron chi connectivity index (χ4n) is 2.92. The summed E-state index contributed by atoms with van der Waals surface area (Å²) in [6, 6.07) is 10.1. The van der Waals surface area contributed by atoms with Gasteiger partial charge in [0.25, 0.3) is 0 Å². The number of hydrogen-bond acceptors (Lipinski definition) is 4. The first-order valence-electron chi connectivity index (χ1n) is 8.91. The van der Waals surface area contributed by atoms with E-state index in [9.17, 15) is 0 Å². The second-order valence-corrected chi connectivity index (χ2v) is 7.47. The van der Waals surface area contributed by atoms with Crippen LogP contribution in [0.4, 0.5) is 0 Å². The lowest BCUT2D eigenvalue weighted by molar-refractivity contribution is 0.129. The van der Waals surface area contributed by atoms with Gasteiger partial charge in [-0.25, -0.2) is 9.98 Å². The lowest BCUT2D eigenvalue weighted by atomic mass is 10.1. The zero-order valence-electron chi connectivity index (χ0n) is 15.4. The van der Waals surface area contributed by atoms with Crippen LogP contribution in [0.25, 0.3) is 0 Å². The molecule has 26 heavy (non-hydrogen) atoms. The van der Waals surface area contributed by atoms with E-state index >= 15 is 0 Å². The topological polar surface area (TPSA) is 49.8 Å². The van der Waals surface area contributed by atoms with E-state index in [0.717, 1.165) is 49.2 Å². The molecule has 142 valence electrons. The molecule has 1 aromatic heterocycles. The number of aliphatic imine (C=N–C) groups is 1. The van der Waals surface area contributed by atoms with Gasteiger partial charge in [-0.15, -0.1) is 35.3 Å². The van der Waals surface area contributed by atoms with Crippen molar-refractivity contribution in [2.75, 3.05) is 19.6 Å². The first-order valence-corrected chi connectivity index (χ1v) is 9.72. The van der Waals surface area contributed by atoms with E-state index in [-0.39, 0.29) is 30.1 Å². The van der Waals surface area contributed by atoms with Gasteiger partial charge in [-0.3, -0.25) is 0 Å². The predicted octanol–water partition coefficient (Wildman–Crippen LogP) is 4.08. The minimum Gasteiger partial charge on any atom is -0.490 e. The van der Waals surface area contributed by atoms with Gasteiger partial charge in [0.1, 0.15) is 16.9 Å². The molecule has 1 aliphatic heterocycles. The SMILES string of the molecule is CCNC(=NCc1ncc(C)s1)N1CCC(Oc2ccccc2)CC1.I. The number of guanidine groups is 1. The minimum atomic E-state index is 0. The van der Waals surface area contributed by atoms with Crippen LogP contribution in [-0.2, 0) is 6.54 Å². The number of nitrogens with zero attached hydrogens (tertiary/aromatic N) is 3. The van der Waals surface area contributed by atoms with Crippen LogP contribution in [0.15, 0.2) is 41.5 Å². The van der Waals surface area contributed by atoms with Gasteiger partial charge >= 0.3 is 0 Å². The predicted molar refractivity (Wildman–Crippen MR) is 119 cm³/mol. The highest BCUT2D eigenvalue weighted by molar-refractivity contribution is 14.0. The number of thiazole rings is 1. The molecule has 0 saturated carbocycles. The maximum Gasteiger partial charge on any atom is 0.194 e. The summed E-state index contributed by atoms with van der Waals surface area (Å²) in [4.78, 5) is 12.7. The zero-order chi connectivity index (χ0) is 17.5. The second kappa shape index (κ2) is 10.7. The Bertz CT molecular complexity index is 684. The molecular formula is C19H27IN4OS. The highest BCUT2D eigenvalue weighted by atomic mass is 127. The first kappa shape index (κ1) is 21.0. The van der Waals surface area contributed by atoms with Crippen molar-refractivity contribution in [1.29, 1.82) is 0 Å². The highest BCUT2D eigenvalue weighted by Crippen LogP contribution is 2.19. The number of aryl methyl sites for hydroxylation is 1. The molecule has 0 amide bonds. The van der Waals surface area contributed by atoms with Crippen molar-refractivity contribution in [1.82, 2.24) is 15.2 Å². The van der Waals surface area contributed by atoms with Crippen LogP contribution in [0.2, 0.25) is 0 Å². The molecule has 0 bridgehead atoms. The Morgan fingerprint density at radius 2 is 2.04 bits per heavy atom. The van der Waals surface area contributed by atoms with E-state index in [0.29, 0.717) is 6.54 Å². The van der Waals surface area contributed by atoms with E-state index in [4.69, 9.17) is 9.73 Å². The molecule has 1 saturated heterocycles. The van der Waals surface area contributed by atoms with Gasteiger partial charge in [-0.1, -0.05) is 18.2 Å². The third-order valence-electron chi connectivity index (χ3n) is 4.16. The lowest BCUT2D eigenvalue weighted by Gasteiger charge is -2.34. The number of hydrogen-bond donors (Lipinski definition) is 1. The van der Waals surface area contributed by atoms with Crippen molar-refractivity contribution < 1.29 is 4.74 Å². The van der Waals surface area contributed by atoms with Crippen LogP contribution in [0.1, 0.15) is 29.7 Å². The average Bonchev–Trinajstić information content (AvgIpc) is 3.06. The fourth-order valence-corrected chi connectivity index (χ4v) is 3.63. The van der Waals surface area contributed by atoms with Crippen LogP contribution in [-0.4, -0.2) is 41.6 Å². The minimum absolute atomic E-state index is 0. The maximum atomic E-state index is 6.08.